The van der Waals surface area contributed by atoms with Crippen molar-refractivity contribution >= 4 is 5.91 Å². The largest absolute Gasteiger partial charge is 0.364 e. The normalized spacial score (nSPS) is 15.3. The molecule has 1 N–H and O–H groups in total. The average molecular weight is 389 g/mol. The van der Waals surface area contributed by atoms with Crippen LogP contribution in [0.3, 0.4) is 0 Å². The van der Waals surface area contributed by atoms with Crippen molar-refractivity contribution in [2.75, 3.05) is 13.1 Å². The zero-order chi connectivity index (χ0) is 19.9. The maximum atomic E-state index is 12.5. The standard InChI is InChI=1S/C24H27N3O2/c28-23(12-11-21-18-29-26-24(21)20-9-5-2-6-10-20)25-22-13-15-27(16-14-22)17-19-7-3-1-4-8-19/h1-10,18,22H,11-17H2,(H,25,28). The molecule has 1 fully saturated rings. The third-order valence-electron chi connectivity index (χ3n) is 5.51. The number of aryl methyl sites for hydroxylation is 1. The quantitative estimate of drug-likeness (QED) is 0.662. The molecular weight excluding hydrogens is 362 g/mol. The van der Waals surface area contributed by atoms with Gasteiger partial charge in [0.05, 0.1) is 0 Å². The molecule has 1 saturated heterocycles. The summed E-state index contributed by atoms with van der Waals surface area (Å²) in [6.07, 6.45) is 4.73. The Labute approximate surface area is 171 Å². The number of rotatable bonds is 7. The van der Waals surface area contributed by atoms with Gasteiger partial charge in [-0.2, -0.15) is 0 Å². The van der Waals surface area contributed by atoms with Gasteiger partial charge in [0.15, 0.2) is 0 Å². The summed E-state index contributed by atoms with van der Waals surface area (Å²) in [4.78, 5) is 14.9. The van der Waals surface area contributed by atoms with Crippen molar-refractivity contribution in [2.24, 2.45) is 0 Å². The minimum Gasteiger partial charge on any atom is -0.364 e. The molecule has 0 unspecified atom stereocenters. The van der Waals surface area contributed by atoms with Gasteiger partial charge in [-0.25, -0.2) is 0 Å². The van der Waals surface area contributed by atoms with E-state index >= 15 is 0 Å². The molecule has 0 bridgehead atoms. The molecule has 4 rings (SSSR count). The summed E-state index contributed by atoms with van der Waals surface area (Å²) in [5, 5.41) is 7.32. The summed E-state index contributed by atoms with van der Waals surface area (Å²) in [7, 11) is 0. The van der Waals surface area contributed by atoms with Crippen LogP contribution in [0.2, 0.25) is 0 Å². The fourth-order valence-corrected chi connectivity index (χ4v) is 3.89. The SMILES string of the molecule is O=C(CCc1conc1-c1ccccc1)NC1CCN(Cc2ccccc2)CC1. The van der Waals surface area contributed by atoms with E-state index in [2.05, 4.69) is 39.6 Å². The minimum absolute atomic E-state index is 0.103. The fourth-order valence-electron chi connectivity index (χ4n) is 3.89. The van der Waals surface area contributed by atoms with E-state index in [1.54, 1.807) is 6.26 Å². The number of benzene rings is 2. The van der Waals surface area contributed by atoms with Gasteiger partial charge in [-0.15, -0.1) is 0 Å². The number of amides is 1. The molecule has 0 spiro atoms. The second-order valence-electron chi connectivity index (χ2n) is 7.66. The van der Waals surface area contributed by atoms with Crippen LogP contribution in [0.5, 0.6) is 0 Å². The Morgan fingerprint density at radius 1 is 1.03 bits per heavy atom. The van der Waals surface area contributed by atoms with E-state index in [0.29, 0.717) is 12.8 Å². The van der Waals surface area contributed by atoms with E-state index in [9.17, 15) is 4.79 Å². The van der Waals surface area contributed by atoms with E-state index in [1.807, 2.05) is 36.4 Å². The number of hydrogen-bond donors (Lipinski definition) is 1. The summed E-state index contributed by atoms with van der Waals surface area (Å²) in [6, 6.07) is 20.8. The molecule has 1 aliphatic heterocycles. The lowest BCUT2D eigenvalue weighted by molar-refractivity contribution is -0.122. The Balaban J connectivity index is 1.22. The van der Waals surface area contributed by atoms with Crippen LogP contribution in [0.15, 0.2) is 71.4 Å². The molecule has 2 aromatic carbocycles. The topological polar surface area (TPSA) is 58.4 Å². The molecule has 5 heteroatoms. The van der Waals surface area contributed by atoms with Crippen LogP contribution in [-0.2, 0) is 17.8 Å². The molecule has 0 saturated carbocycles. The predicted octanol–water partition coefficient (Wildman–Crippen LogP) is 4.06. The van der Waals surface area contributed by atoms with Gasteiger partial charge in [0.2, 0.25) is 5.91 Å². The van der Waals surface area contributed by atoms with E-state index in [4.69, 9.17) is 4.52 Å². The van der Waals surface area contributed by atoms with Gasteiger partial charge in [-0.05, 0) is 24.8 Å². The molecule has 1 aliphatic rings. The highest BCUT2D eigenvalue weighted by atomic mass is 16.5. The summed E-state index contributed by atoms with van der Waals surface area (Å²) in [5.74, 6) is 0.103. The minimum atomic E-state index is 0.103. The lowest BCUT2D eigenvalue weighted by Crippen LogP contribution is -2.44. The van der Waals surface area contributed by atoms with Gasteiger partial charge in [-0.3, -0.25) is 9.69 Å². The van der Waals surface area contributed by atoms with E-state index in [0.717, 1.165) is 49.3 Å². The predicted molar refractivity (Wildman–Crippen MR) is 113 cm³/mol. The van der Waals surface area contributed by atoms with Crippen LogP contribution in [0.1, 0.15) is 30.4 Å². The Morgan fingerprint density at radius 2 is 1.72 bits per heavy atom. The van der Waals surface area contributed by atoms with Gasteiger partial charge in [-0.1, -0.05) is 65.8 Å². The van der Waals surface area contributed by atoms with Crippen molar-refractivity contribution in [3.8, 4) is 11.3 Å². The molecule has 1 amide bonds. The first kappa shape index (κ1) is 19.4. The first-order chi connectivity index (χ1) is 14.3. The van der Waals surface area contributed by atoms with Crippen molar-refractivity contribution in [3.05, 3.63) is 78.1 Å². The number of nitrogens with zero attached hydrogens (tertiary/aromatic N) is 2. The molecule has 0 aliphatic carbocycles. The van der Waals surface area contributed by atoms with Crippen LogP contribution in [-0.4, -0.2) is 35.1 Å². The number of piperidine rings is 1. The summed E-state index contributed by atoms with van der Waals surface area (Å²) >= 11 is 0. The second-order valence-corrected chi connectivity index (χ2v) is 7.66. The Kier molecular flexibility index (Phi) is 6.37. The van der Waals surface area contributed by atoms with Crippen LogP contribution < -0.4 is 5.32 Å². The van der Waals surface area contributed by atoms with Crippen molar-refractivity contribution in [2.45, 2.75) is 38.3 Å². The number of aromatic nitrogens is 1. The van der Waals surface area contributed by atoms with Crippen molar-refractivity contribution in [1.29, 1.82) is 0 Å². The van der Waals surface area contributed by atoms with Crippen LogP contribution >= 0.6 is 0 Å². The molecule has 150 valence electrons. The van der Waals surface area contributed by atoms with Gasteiger partial charge >= 0.3 is 0 Å². The second kappa shape index (κ2) is 9.52. The Morgan fingerprint density at radius 3 is 2.45 bits per heavy atom. The molecular formula is C24H27N3O2. The number of nitrogens with one attached hydrogen (secondary N) is 1. The summed E-state index contributed by atoms with van der Waals surface area (Å²) in [6.45, 7) is 3.02. The van der Waals surface area contributed by atoms with Crippen LogP contribution in [0.25, 0.3) is 11.3 Å². The Bertz CT molecular complexity index is 900. The van der Waals surface area contributed by atoms with Gasteiger partial charge in [0.1, 0.15) is 12.0 Å². The number of likely N-dealkylation sites (tertiary alicyclic amines) is 1. The maximum Gasteiger partial charge on any atom is 0.220 e. The van der Waals surface area contributed by atoms with Gasteiger partial charge < -0.3 is 9.84 Å². The van der Waals surface area contributed by atoms with Crippen molar-refractivity contribution in [3.63, 3.8) is 0 Å². The zero-order valence-corrected chi connectivity index (χ0v) is 16.6. The number of hydrogen-bond acceptors (Lipinski definition) is 4. The molecule has 0 atom stereocenters. The summed E-state index contributed by atoms with van der Waals surface area (Å²) in [5.41, 5.74) is 4.16. The third-order valence-corrected chi connectivity index (χ3v) is 5.51. The monoisotopic (exact) mass is 389 g/mol. The molecule has 2 heterocycles. The van der Waals surface area contributed by atoms with Crippen LogP contribution in [0.4, 0.5) is 0 Å². The van der Waals surface area contributed by atoms with Crippen molar-refractivity contribution in [1.82, 2.24) is 15.4 Å². The first-order valence-electron chi connectivity index (χ1n) is 10.3. The highest BCUT2D eigenvalue weighted by Gasteiger charge is 2.21. The van der Waals surface area contributed by atoms with E-state index in [1.165, 1.54) is 5.56 Å². The smallest absolute Gasteiger partial charge is 0.220 e. The summed E-state index contributed by atoms with van der Waals surface area (Å²) < 4.78 is 5.16. The fraction of sp³-hybridized carbons (Fsp3) is 0.333. The lowest BCUT2D eigenvalue weighted by atomic mass is 10.0. The number of carbonyl (C=O) groups excluding carboxylic acids is 1. The highest BCUT2D eigenvalue weighted by Crippen LogP contribution is 2.23. The van der Waals surface area contributed by atoms with E-state index in [-0.39, 0.29) is 11.9 Å². The average Bonchev–Trinajstić information content (AvgIpc) is 3.24. The molecule has 3 aromatic rings. The molecule has 29 heavy (non-hydrogen) atoms. The van der Waals surface area contributed by atoms with Gasteiger partial charge in [0.25, 0.3) is 0 Å². The van der Waals surface area contributed by atoms with E-state index < -0.39 is 0 Å². The maximum absolute atomic E-state index is 12.5. The molecule has 5 nitrogen and oxygen atoms in total. The van der Waals surface area contributed by atoms with Crippen molar-refractivity contribution < 1.29 is 9.32 Å². The third kappa shape index (κ3) is 5.33. The molecule has 0 radical (unpaired) electrons. The lowest BCUT2D eigenvalue weighted by Gasteiger charge is -2.32. The number of carbonyl (C=O) groups is 1. The first-order valence-corrected chi connectivity index (χ1v) is 10.3. The Hall–Kier alpha value is -2.92. The van der Waals surface area contributed by atoms with Crippen LogP contribution in [0, 0.1) is 0 Å². The zero-order valence-electron chi connectivity index (χ0n) is 16.6. The van der Waals surface area contributed by atoms with Gasteiger partial charge in [0, 0.05) is 43.2 Å². The molecule has 1 aromatic heterocycles. The highest BCUT2D eigenvalue weighted by molar-refractivity contribution is 5.77.